The predicted octanol–water partition coefficient (Wildman–Crippen LogP) is 3.84. The van der Waals surface area contributed by atoms with Crippen LogP contribution in [0.25, 0.3) is 0 Å². The molecular weight excluding hydrogens is 277 g/mol. The molecule has 0 saturated heterocycles. The second-order valence-corrected chi connectivity index (χ2v) is 5.36. The number of ether oxygens (including phenoxy) is 1. The summed E-state index contributed by atoms with van der Waals surface area (Å²) < 4.78 is 41.3. The van der Waals surface area contributed by atoms with Gasteiger partial charge in [-0.3, -0.25) is 4.79 Å². The molecular formula is C13H13F3O2S. The van der Waals surface area contributed by atoms with Crippen molar-refractivity contribution in [3.05, 3.63) is 29.3 Å². The molecule has 0 atom stereocenters. The first kappa shape index (κ1) is 14.2. The third-order valence-corrected chi connectivity index (χ3v) is 3.57. The zero-order valence-corrected chi connectivity index (χ0v) is 10.9. The van der Waals surface area contributed by atoms with Crippen molar-refractivity contribution in [2.75, 3.05) is 12.4 Å². The Bertz CT molecular complexity index is 471. The molecule has 0 radical (unpaired) electrons. The fourth-order valence-corrected chi connectivity index (χ4v) is 2.49. The highest BCUT2D eigenvalue weighted by Crippen LogP contribution is 2.31. The monoisotopic (exact) mass is 290 g/mol. The molecule has 0 saturated carbocycles. The number of fused-ring (bicyclic) bond motifs is 1. The van der Waals surface area contributed by atoms with Gasteiger partial charge >= 0.3 is 5.51 Å². The van der Waals surface area contributed by atoms with Crippen LogP contribution in [0.1, 0.15) is 28.8 Å². The zero-order valence-electron chi connectivity index (χ0n) is 10.1. The molecule has 0 bridgehead atoms. The molecule has 2 nitrogen and oxygen atoms in total. The van der Waals surface area contributed by atoms with E-state index < -0.39 is 5.51 Å². The van der Waals surface area contributed by atoms with E-state index in [-0.39, 0.29) is 29.9 Å². The van der Waals surface area contributed by atoms with E-state index in [2.05, 4.69) is 0 Å². The van der Waals surface area contributed by atoms with Crippen molar-refractivity contribution in [3.8, 4) is 5.75 Å². The molecule has 0 aromatic heterocycles. The van der Waals surface area contributed by atoms with Gasteiger partial charge in [0.25, 0.3) is 0 Å². The second-order valence-electron chi connectivity index (χ2n) is 4.20. The number of ketones is 1. The molecule has 1 aromatic carbocycles. The number of alkyl halides is 3. The molecule has 2 rings (SSSR count). The fraction of sp³-hybridized carbons (Fsp3) is 0.462. The van der Waals surface area contributed by atoms with Gasteiger partial charge in [0.05, 0.1) is 6.61 Å². The number of rotatable bonds is 4. The lowest BCUT2D eigenvalue weighted by Crippen LogP contribution is -2.13. The Kier molecular flexibility index (Phi) is 4.39. The number of benzene rings is 1. The summed E-state index contributed by atoms with van der Waals surface area (Å²) in [6, 6.07) is 5.15. The standard InChI is InChI=1S/C13H13F3O2S/c14-13(15,16)19-8-7-18-12-6-2-3-9-10(12)4-1-5-11(9)17/h2-3,6H,1,4-5,7-8H2. The smallest absolute Gasteiger partial charge is 0.441 e. The minimum absolute atomic E-state index is 0.0190. The Balaban J connectivity index is 1.98. The lowest BCUT2D eigenvalue weighted by Gasteiger charge is -2.18. The van der Waals surface area contributed by atoms with E-state index in [1.165, 1.54) is 0 Å². The Morgan fingerprint density at radius 2 is 2.05 bits per heavy atom. The van der Waals surface area contributed by atoms with Crippen LogP contribution in [0.3, 0.4) is 0 Å². The van der Waals surface area contributed by atoms with Crippen molar-refractivity contribution in [3.63, 3.8) is 0 Å². The fourth-order valence-electron chi connectivity index (χ4n) is 2.09. The van der Waals surface area contributed by atoms with Crippen LogP contribution in [-0.2, 0) is 6.42 Å². The van der Waals surface area contributed by atoms with Crippen LogP contribution in [0.15, 0.2) is 18.2 Å². The van der Waals surface area contributed by atoms with Crippen molar-refractivity contribution in [2.24, 2.45) is 0 Å². The van der Waals surface area contributed by atoms with E-state index in [0.29, 0.717) is 17.7 Å². The second kappa shape index (κ2) is 5.86. The average molecular weight is 290 g/mol. The van der Waals surface area contributed by atoms with Gasteiger partial charge in [0.15, 0.2) is 5.78 Å². The molecule has 0 aliphatic heterocycles. The van der Waals surface area contributed by atoms with Crippen LogP contribution in [0.2, 0.25) is 0 Å². The lowest BCUT2D eigenvalue weighted by molar-refractivity contribution is -0.0329. The quantitative estimate of drug-likeness (QED) is 0.788. The first-order chi connectivity index (χ1) is 8.97. The summed E-state index contributed by atoms with van der Waals surface area (Å²) in [5, 5.41) is 0. The van der Waals surface area contributed by atoms with E-state index in [0.717, 1.165) is 18.4 Å². The minimum Gasteiger partial charge on any atom is -0.492 e. The normalized spacial score (nSPS) is 15.2. The van der Waals surface area contributed by atoms with Crippen molar-refractivity contribution in [1.82, 2.24) is 0 Å². The van der Waals surface area contributed by atoms with Crippen LogP contribution in [0, 0.1) is 0 Å². The van der Waals surface area contributed by atoms with Gasteiger partial charge in [-0.05, 0) is 30.7 Å². The number of halogens is 3. The molecule has 0 fully saturated rings. The summed E-state index contributed by atoms with van der Waals surface area (Å²) in [6.07, 6.45) is 2.04. The molecule has 0 amide bonds. The number of carbonyl (C=O) groups is 1. The van der Waals surface area contributed by atoms with Crippen molar-refractivity contribution in [2.45, 2.75) is 24.8 Å². The number of thioether (sulfide) groups is 1. The summed E-state index contributed by atoms with van der Waals surface area (Å²) >= 11 is -0.101. The predicted molar refractivity (Wildman–Crippen MR) is 67.7 cm³/mol. The van der Waals surface area contributed by atoms with Crippen molar-refractivity contribution < 1.29 is 22.7 Å². The van der Waals surface area contributed by atoms with Crippen LogP contribution in [-0.4, -0.2) is 23.7 Å². The molecule has 0 N–H and O–H groups in total. The molecule has 0 unspecified atom stereocenters. The Morgan fingerprint density at radius 3 is 2.79 bits per heavy atom. The van der Waals surface area contributed by atoms with Crippen molar-refractivity contribution in [1.29, 1.82) is 0 Å². The van der Waals surface area contributed by atoms with E-state index in [1.807, 2.05) is 0 Å². The van der Waals surface area contributed by atoms with Gasteiger partial charge in [-0.15, -0.1) is 0 Å². The summed E-state index contributed by atoms with van der Waals surface area (Å²) in [4.78, 5) is 11.7. The highest BCUT2D eigenvalue weighted by molar-refractivity contribution is 8.00. The van der Waals surface area contributed by atoms with Gasteiger partial charge in [-0.25, -0.2) is 0 Å². The Labute approximate surface area is 113 Å². The first-order valence-corrected chi connectivity index (χ1v) is 6.94. The van der Waals surface area contributed by atoms with Gasteiger partial charge in [0, 0.05) is 23.3 Å². The van der Waals surface area contributed by atoms with Crippen LogP contribution < -0.4 is 4.74 Å². The maximum atomic E-state index is 12.0. The largest absolute Gasteiger partial charge is 0.492 e. The summed E-state index contributed by atoms with van der Waals surface area (Å²) in [6.45, 7) is -0.0190. The third kappa shape index (κ3) is 3.89. The maximum absolute atomic E-state index is 12.0. The minimum atomic E-state index is -4.23. The van der Waals surface area contributed by atoms with Crippen LogP contribution in [0.5, 0.6) is 5.75 Å². The van der Waals surface area contributed by atoms with Crippen LogP contribution >= 0.6 is 11.8 Å². The summed E-state index contributed by atoms with van der Waals surface area (Å²) in [5.41, 5.74) is -2.75. The molecule has 104 valence electrons. The summed E-state index contributed by atoms with van der Waals surface area (Å²) in [5.74, 6) is 0.464. The topological polar surface area (TPSA) is 26.3 Å². The SMILES string of the molecule is O=C1CCCc2c(OCCSC(F)(F)F)cccc21. The van der Waals surface area contributed by atoms with E-state index in [4.69, 9.17) is 4.74 Å². The van der Waals surface area contributed by atoms with Crippen LogP contribution in [0.4, 0.5) is 13.2 Å². The number of Topliss-reactive ketones (excluding diaryl/α,β-unsaturated/α-hetero) is 1. The molecule has 6 heteroatoms. The third-order valence-electron chi connectivity index (χ3n) is 2.87. The Hall–Kier alpha value is -1.17. The maximum Gasteiger partial charge on any atom is 0.441 e. The molecule has 0 spiro atoms. The first-order valence-electron chi connectivity index (χ1n) is 5.96. The van der Waals surface area contributed by atoms with E-state index in [1.54, 1.807) is 18.2 Å². The molecule has 0 heterocycles. The molecule has 1 aromatic rings. The average Bonchev–Trinajstić information content (AvgIpc) is 2.34. The molecule has 1 aliphatic carbocycles. The number of carbonyl (C=O) groups excluding carboxylic acids is 1. The van der Waals surface area contributed by atoms with E-state index in [9.17, 15) is 18.0 Å². The van der Waals surface area contributed by atoms with Crippen molar-refractivity contribution >= 4 is 17.5 Å². The Morgan fingerprint density at radius 1 is 1.26 bits per heavy atom. The molecule has 19 heavy (non-hydrogen) atoms. The highest BCUT2D eigenvalue weighted by atomic mass is 32.2. The van der Waals surface area contributed by atoms with Gasteiger partial charge in [0.2, 0.25) is 0 Å². The summed E-state index contributed by atoms with van der Waals surface area (Å²) in [7, 11) is 0. The van der Waals surface area contributed by atoms with E-state index >= 15 is 0 Å². The van der Waals surface area contributed by atoms with Gasteiger partial charge in [-0.1, -0.05) is 12.1 Å². The molecule has 1 aliphatic rings. The van der Waals surface area contributed by atoms with Gasteiger partial charge < -0.3 is 4.74 Å². The number of hydrogen-bond donors (Lipinski definition) is 0. The zero-order chi connectivity index (χ0) is 13.9. The number of hydrogen-bond acceptors (Lipinski definition) is 3. The van der Waals surface area contributed by atoms with Gasteiger partial charge in [0.1, 0.15) is 5.75 Å². The highest BCUT2D eigenvalue weighted by Gasteiger charge is 2.27. The van der Waals surface area contributed by atoms with Gasteiger partial charge in [-0.2, -0.15) is 13.2 Å². The lowest BCUT2D eigenvalue weighted by atomic mass is 9.90.